The van der Waals surface area contributed by atoms with Gasteiger partial charge in [0, 0.05) is 6.54 Å². The molecule has 1 fully saturated rings. The zero-order valence-electron chi connectivity index (χ0n) is 33.9. The Kier molecular flexibility index (Phi) is 20.9. The van der Waals surface area contributed by atoms with Crippen molar-refractivity contribution in [3.63, 3.8) is 0 Å². The molecule has 1 saturated heterocycles. The van der Waals surface area contributed by atoms with E-state index >= 15 is 0 Å². The summed E-state index contributed by atoms with van der Waals surface area (Å²) in [5, 5.41) is 35.5. The van der Waals surface area contributed by atoms with Crippen LogP contribution in [0, 0.1) is 23.7 Å². The lowest BCUT2D eigenvalue weighted by molar-refractivity contribution is -0.144. The molecule has 0 saturated carbocycles. The second-order valence-corrected chi connectivity index (χ2v) is 15.7. The van der Waals surface area contributed by atoms with Crippen molar-refractivity contribution < 1.29 is 48.6 Å². The maximum atomic E-state index is 13.8. The van der Waals surface area contributed by atoms with E-state index in [0.717, 1.165) is 0 Å². The lowest BCUT2D eigenvalue weighted by Crippen LogP contribution is -2.61. The Morgan fingerprint density at radius 3 is 1.67 bits per heavy atom. The van der Waals surface area contributed by atoms with Crippen LogP contribution in [0.5, 0.6) is 0 Å². The van der Waals surface area contributed by atoms with Crippen LogP contribution in [0.3, 0.4) is 0 Å². The van der Waals surface area contributed by atoms with Gasteiger partial charge in [-0.1, -0.05) is 61.8 Å². The highest BCUT2D eigenvalue weighted by molar-refractivity contribution is 5.97. The first-order valence-electron chi connectivity index (χ1n) is 19.3. The molecular formula is C37H66N8O10. The first-order valence-corrected chi connectivity index (χ1v) is 19.3. The molecule has 8 atom stereocenters. The number of hydrogen-bond donors (Lipinski definition) is 9. The Hall–Kier alpha value is -4.32. The van der Waals surface area contributed by atoms with Crippen molar-refractivity contribution in [2.45, 2.75) is 143 Å². The van der Waals surface area contributed by atoms with Gasteiger partial charge in [0.05, 0.1) is 19.2 Å². The van der Waals surface area contributed by atoms with E-state index in [9.17, 15) is 48.6 Å². The van der Waals surface area contributed by atoms with Crippen molar-refractivity contribution >= 4 is 47.3 Å². The first kappa shape index (κ1) is 48.7. The average Bonchev–Trinajstić information content (AvgIpc) is 3.59. The quantitative estimate of drug-likeness (QED) is 0.0614. The van der Waals surface area contributed by atoms with Crippen molar-refractivity contribution in [1.29, 1.82) is 0 Å². The van der Waals surface area contributed by atoms with Gasteiger partial charge in [-0.05, 0) is 62.7 Å². The molecule has 1 rings (SSSR count). The number of nitrogens with zero attached hydrogens (tertiary/aromatic N) is 1. The third kappa shape index (κ3) is 16.5. The van der Waals surface area contributed by atoms with Gasteiger partial charge in [0.15, 0.2) is 0 Å². The monoisotopic (exact) mass is 782 g/mol. The fourth-order valence-electron chi connectivity index (χ4n) is 6.22. The molecule has 18 nitrogen and oxygen atoms in total. The second-order valence-electron chi connectivity index (χ2n) is 15.7. The number of aliphatic hydroxyl groups is 1. The van der Waals surface area contributed by atoms with Gasteiger partial charge >= 0.3 is 5.97 Å². The molecule has 0 aromatic carbocycles. The number of aliphatic hydroxyl groups excluding tert-OH is 1. The van der Waals surface area contributed by atoms with Gasteiger partial charge in [-0.2, -0.15) is 0 Å². The highest BCUT2D eigenvalue weighted by atomic mass is 16.4. The summed E-state index contributed by atoms with van der Waals surface area (Å²) >= 11 is 0. The van der Waals surface area contributed by atoms with Crippen molar-refractivity contribution in [2.24, 2.45) is 29.4 Å². The summed E-state index contributed by atoms with van der Waals surface area (Å²) in [4.78, 5) is 105. The third-order valence-electron chi connectivity index (χ3n) is 9.33. The summed E-state index contributed by atoms with van der Waals surface area (Å²) in [6.07, 6.45) is 0.441. The summed E-state index contributed by atoms with van der Waals surface area (Å²) in [5.41, 5.74) is 5.41. The fourth-order valence-corrected chi connectivity index (χ4v) is 6.22. The van der Waals surface area contributed by atoms with Gasteiger partial charge in [0.1, 0.15) is 36.3 Å². The zero-order chi connectivity index (χ0) is 42.2. The second kappa shape index (κ2) is 23.6. The smallest absolute Gasteiger partial charge is 0.326 e. The molecule has 0 radical (unpaired) electrons. The SMILES string of the molecule is CC[C@H](C)[C@H](NC(=O)CNC(=O)[C@H](CC(C)C)NC(=O)[C@H](CC(C)C)NC(=O)[C@@H]1CCCN1C(=O)[C@@H](NC(=O)[C@H](CC(C)C)NC(=O)CN)[C@@H](C)O)C(=O)O. The molecule has 0 aliphatic carbocycles. The van der Waals surface area contributed by atoms with Crippen LogP contribution in [-0.2, 0) is 38.4 Å². The molecule has 0 spiro atoms. The number of aliphatic carboxylic acids is 1. The molecule has 0 bridgehead atoms. The van der Waals surface area contributed by atoms with E-state index in [2.05, 4.69) is 31.9 Å². The standard InChI is InChI=1S/C37H66N8O10/c1-10-22(8)30(37(54)55)43-29(48)18-39-32(49)24(14-19(2)3)41-33(50)26(16-21(6)7)42-35(52)27-12-11-13-45(27)36(53)31(23(9)46)44-34(51)25(15-20(4)5)40-28(47)17-38/h19-27,30-31,46H,10-18,38H2,1-9H3,(H,39,49)(H,40,47)(H,41,50)(H,42,52)(H,43,48)(H,44,51)(H,54,55)/t22-,23+,24-,25-,26-,27-,30-,31-/m0/s1. The van der Waals surface area contributed by atoms with Gasteiger partial charge in [-0.3, -0.25) is 33.6 Å². The third-order valence-corrected chi connectivity index (χ3v) is 9.33. The first-order chi connectivity index (χ1) is 25.6. The number of carbonyl (C=O) groups excluding carboxylic acids is 7. The number of likely N-dealkylation sites (tertiary alicyclic amines) is 1. The van der Waals surface area contributed by atoms with Crippen molar-refractivity contribution in [3.05, 3.63) is 0 Å². The molecule has 1 aliphatic heterocycles. The summed E-state index contributed by atoms with van der Waals surface area (Å²) in [5.74, 6) is -6.34. The van der Waals surface area contributed by atoms with Gasteiger partial charge in [-0.25, -0.2) is 4.79 Å². The molecule has 10 N–H and O–H groups in total. The minimum Gasteiger partial charge on any atom is -0.480 e. The lowest BCUT2D eigenvalue weighted by Gasteiger charge is -2.32. The van der Waals surface area contributed by atoms with Crippen molar-refractivity contribution in [3.8, 4) is 0 Å². The molecule has 1 aliphatic rings. The van der Waals surface area contributed by atoms with E-state index in [1.165, 1.54) is 11.8 Å². The van der Waals surface area contributed by atoms with Crippen molar-refractivity contribution in [2.75, 3.05) is 19.6 Å². The van der Waals surface area contributed by atoms with E-state index in [-0.39, 0.29) is 62.4 Å². The van der Waals surface area contributed by atoms with E-state index in [1.54, 1.807) is 13.8 Å². The van der Waals surface area contributed by atoms with Gasteiger partial charge in [0.2, 0.25) is 41.4 Å². The summed E-state index contributed by atoms with van der Waals surface area (Å²) in [7, 11) is 0. The number of nitrogens with one attached hydrogen (secondary N) is 6. The Labute approximate surface area is 324 Å². The topological polar surface area (TPSA) is 278 Å². The van der Waals surface area contributed by atoms with Gasteiger partial charge < -0.3 is 52.7 Å². The Balaban J connectivity index is 3.15. The largest absolute Gasteiger partial charge is 0.480 e. The van der Waals surface area contributed by atoms with E-state index in [1.807, 2.05) is 41.5 Å². The predicted octanol–water partition coefficient (Wildman–Crippen LogP) is -0.874. The molecule has 314 valence electrons. The number of hydrogen-bond acceptors (Lipinski definition) is 10. The Morgan fingerprint density at radius 1 is 0.691 bits per heavy atom. The highest BCUT2D eigenvalue weighted by Gasteiger charge is 2.41. The van der Waals surface area contributed by atoms with Crippen LogP contribution in [-0.4, -0.2) is 124 Å². The Bertz CT molecular complexity index is 1340. The molecular weight excluding hydrogens is 716 g/mol. The van der Waals surface area contributed by atoms with Crippen LogP contribution in [0.1, 0.15) is 101 Å². The summed E-state index contributed by atoms with van der Waals surface area (Å²) in [6, 6.07) is -6.83. The maximum absolute atomic E-state index is 13.8. The minimum atomic E-state index is -1.44. The predicted molar refractivity (Wildman–Crippen MR) is 204 cm³/mol. The van der Waals surface area contributed by atoms with E-state index in [4.69, 9.17) is 5.73 Å². The Morgan fingerprint density at radius 2 is 1.20 bits per heavy atom. The number of nitrogens with two attached hydrogens (primary N) is 1. The van der Waals surface area contributed by atoms with E-state index in [0.29, 0.717) is 12.8 Å². The summed E-state index contributed by atoms with van der Waals surface area (Å²) in [6.45, 7) is 15.1. The molecule has 1 heterocycles. The molecule has 55 heavy (non-hydrogen) atoms. The highest BCUT2D eigenvalue weighted by Crippen LogP contribution is 2.21. The minimum absolute atomic E-state index is 0.00777. The lowest BCUT2D eigenvalue weighted by atomic mass is 9.99. The average molecular weight is 783 g/mol. The summed E-state index contributed by atoms with van der Waals surface area (Å²) < 4.78 is 0. The van der Waals surface area contributed by atoms with Crippen LogP contribution in [0.15, 0.2) is 0 Å². The number of carboxylic acids is 1. The van der Waals surface area contributed by atoms with E-state index < -0.39 is 96.2 Å². The molecule has 0 aromatic rings. The number of carboxylic acid groups (broad SMARTS) is 1. The number of amides is 7. The van der Waals surface area contributed by atoms with Crippen molar-refractivity contribution in [1.82, 2.24) is 36.8 Å². The number of carbonyl (C=O) groups is 8. The molecule has 0 aromatic heterocycles. The van der Waals surface area contributed by atoms with Crippen LogP contribution in [0.2, 0.25) is 0 Å². The van der Waals surface area contributed by atoms with Crippen LogP contribution >= 0.6 is 0 Å². The number of rotatable bonds is 23. The molecule has 7 amide bonds. The maximum Gasteiger partial charge on any atom is 0.326 e. The van der Waals surface area contributed by atoms with Gasteiger partial charge in [0.25, 0.3) is 0 Å². The molecule has 18 heteroatoms. The van der Waals surface area contributed by atoms with Gasteiger partial charge in [-0.15, -0.1) is 0 Å². The van der Waals surface area contributed by atoms with Crippen LogP contribution in [0.25, 0.3) is 0 Å². The van der Waals surface area contributed by atoms with Crippen LogP contribution < -0.4 is 37.6 Å². The zero-order valence-corrected chi connectivity index (χ0v) is 33.9. The molecule has 0 unspecified atom stereocenters. The normalized spacial score (nSPS) is 18.0. The fraction of sp³-hybridized carbons (Fsp3) is 0.784. The van der Waals surface area contributed by atoms with Crippen LogP contribution in [0.4, 0.5) is 0 Å².